The molecule has 37 heavy (non-hydrogen) atoms. The van der Waals surface area contributed by atoms with Crippen molar-refractivity contribution in [3.63, 3.8) is 0 Å². The van der Waals surface area contributed by atoms with Gasteiger partial charge >= 0.3 is 24.3 Å². The van der Waals surface area contributed by atoms with E-state index in [2.05, 4.69) is 51.9 Å². The van der Waals surface area contributed by atoms with E-state index in [9.17, 15) is 26.3 Å². The molecule has 8 nitrogen and oxygen atoms in total. The quantitative estimate of drug-likeness (QED) is 0.541. The van der Waals surface area contributed by atoms with Crippen molar-refractivity contribution in [3.8, 4) is 0 Å². The molecule has 2 aromatic rings. The van der Waals surface area contributed by atoms with Gasteiger partial charge in [-0.1, -0.05) is 13.0 Å². The molecular formula is C22H28F6N4O4S. The number of aromatic nitrogens is 2. The number of carbonyl (C=O) groups is 2. The van der Waals surface area contributed by atoms with Crippen molar-refractivity contribution in [2.75, 3.05) is 26.2 Å². The number of likely N-dealkylation sites (N-methyl/N-ethyl adjacent to an activating group) is 1. The average molecular weight is 559 g/mol. The highest BCUT2D eigenvalue weighted by Gasteiger charge is 2.46. The second kappa shape index (κ2) is 12.3. The summed E-state index contributed by atoms with van der Waals surface area (Å²) < 4.78 is 65.9. The summed E-state index contributed by atoms with van der Waals surface area (Å²) in [5.74, 6) is -4.20. The molecule has 1 spiro atoms. The predicted molar refractivity (Wildman–Crippen MR) is 122 cm³/mol. The fourth-order valence-corrected chi connectivity index (χ4v) is 5.14. The SMILES string of the molecule is CCN1CCn2c(C)cnc2C12CCN(Cc1cccs1)CC2.O=C(O)C(F)(F)F.O=C(O)C(F)(F)F. The van der Waals surface area contributed by atoms with Crippen molar-refractivity contribution in [2.24, 2.45) is 0 Å². The number of hydrogen-bond donors (Lipinski definition) is 2. The molecule has 0 aliphatic carbocycles. The lowest BCUT2D eigenvalue weighted by Gasteiger charge is -2.50. The van der Waals surface area contributed by atoms with Gasteiger partial charge in [0.05, 0.1) is 5.54 Å². The highest BCUT2D eigenvalue weighted by Crippen LogP contribution is 2.41. The van der Waals surface area contributed by atoms with E-state index < -0.39 is 24.3 Å². The lowest BCUT2D eigenvalue weighted by molar-refractivity contribution is -0.193. The van der Waals surface area contributed by atoms with Crippen LogP contribution in [0.1, 0.15) is 36.2 Å². The van der Waals surface area contributed by atoms with Crippen molar-refractivity contribution < 1.29 is 46.1 Å². The molecule has 1 saturated heterocycles. The van der Waals surface area contributed by atoms with Crippen molar-refractivity contribution in [2.45, 2.75) is 57.7 Å². The second-order valence-electron chi connectivity index (χ2n) is 8.45. The molecule has 2 aromatic heterocycles. The normalized spacial score (nSPS) is 17.7. The third-order valence-corrected chi connectivity index (χ3v) is 7.04. The van der Waals surface area contributed by atoms with Gasteiger partial charge in [0.2, 0.25) is 0 Å². The third-order valence-electron chi connectivity index (χ3n) is 6.18. The largest absolute Gasteiger partial charge is 0.490 e. The number of hydrogen-bond acceptors (Lipinski definition) is 6. The molecule has 0 radical (unpaired) electrons. The summed E-state index contributed by atoms with van der Waals surface area (Å²) in [7, 11) is 0. The summed E-state index contributed by atoms with van der Waals surface area (Å²) in [6.07, 6.45) is -5.71. The zero-order valence-corrected chi connectivity index (χ0v) is 21.0. The number of carboxylic acid groups (broad SMARTS) is 2. The molecule has 0 unspecified atom stereocenters. The maximum absolute atomic E-state index is 10.6. The molecule has 15 heteroatoms. The van der Waals surface area contributed by atoms with Crippen LogP contribution in [-0.4, -0.2) is 80.0 Å². The van der Waals surface area contributed by atoms with Crippen LogP contribution in [0.15, 0.2) is 23.7 Å². The van der Waals surface area contributed by atoms with Crippen LogP contribution in [-0.2, 0) is 28.2 Å². The number of imidazole rings is 1. The van der Waals surface area contributed by atoms with E-state index in [1.165, 1.54) is 42.3 Å². The Morgan fingerprint density at radius 3 is 2.00 bits per heavy atom. The smallest absolute Gasteiger partial charge is 0.475 e. The van der Waals surface area contributed by atoms with Gasteiger partial charge in [0.15, 0.2) is 0 Å². The van der Waals surface area contributed by atoms with Gasteiger partial charge in [-0.25, -0.2) is 14.6 Å². The van der Waals surface area contributed by atoms with Gasteiger partial charge in [0, 0.05) is 49.5 Å². The highest BCUT2D eigenvalue weighted by molar-refractivity contribution is 7.09. The fourth-order valence-electron chi connectivity index (χ4n) is 4.40. The van der Waals surface area contributed by atoms with Gasteiger partial charge in [-0.15, -0.1) is 11.3 Å². The molecule has 0 amide bonds. The lowest BCUT2D eigenvalue weighted by atomic mass is 9.83. The molecule has 2 aliphatic rings. The number of nitrogens with zero attached hydrogens (tertiary/aromatic N) is 4. The zero-order valence-electron chi connectivity index (χ0n) is 20.1. The summed E-state index contributed by atoms with van der Waals surface area (Å²) >= 11 is 1.87. The monoisotopic (exact) mass is 558 g/mol. The van der Waals surface area contributed by atoms with Gasteiger partial charge in [0.1, 0.15) is 5.82 Å². The Hall–Kier alpha value is -2.65. The number of likely N-dealkylation sites (tertiary alicyclic amines) is 1. The molecular weight excluding hydrogens is 530 g/mol. The number of carboxylic acids is 2. The maximum Gasteiger partial charge on any atom is 0.490 e. The molecule has 2 N–H and O–H groups in total. The Labute approximate surface area is 213 Å². The maximum atomic E-state index is 10.6. The van der Waals surface area contributed by atoms with Gasteiger partial charge in [-0.3, -0.25) is 9.80 Å². The van der Waals surface area contributed by atoms with Crippen molar-refractivity contribution in [3.05, 3.63) is 40.1 Å². The van der Waals surface area contributed by atoms with Crippen molar-refractivity contribution in [1.29, 1.82) is 0 Å². The zero-order chi connectivity index (χ0) is 28.0. The molecule has 4 heterocycles. The van der Waals surface area contributed by atoms with Gasteiger partial charge in [0.25, 0.3) is 0 Å². The minimum absolute atomic E-state index is 0.160. The Morgan fingerprint density at radius 2 is 1.57 bits per heavy atom. The van der Waals surface area contributed by atoms with Crippen LogP contribution in [0.25, 0.3) is 0 Å². The number of aryl methyl sites for hydroxylation is 1. The van der Waals surface area contributed by atoms with Gasteiger partial charge in [-0.05, 0) is 37.8 Å². The molecule has 1 fully saturated rings. The van der Waals surface area contributed by atoms with E-state index in [4.69, 9.17) is 24.8 Å². The fraction of sp³-hybridized carbons (Fsp3) is 0.591. The number of thiophene rings is 1. The van der Waals surface area contributed by atoms with Crippen LogP contribution >= 0.6 is 11.3 Å². The van der Waals surface area contributed by atoms with Gasteiger partial charge < -0.3 is 14.8 Å². The van der Waals surface area contributed by atoms with E-state index in [-0.39, 0.29) is 5.54 Å². The first kappa shape index (κ1) is 30.6. The predicted octanol–water partition coefficient (Wildman–Crippen LogP) is 4.35. The van der Waals surface area contributed by atoms with Crippen LogP contribution in [0, 0.1) is 6.92 Å². The number of halogens is 6. The standard InChI is InChI=1S/C18H26N4S.2C2HF3O2/c1-3-21-10-11-22-15(2)13-19-17(22)18(21)6-8-20(9-7-18)14-16-5-4-12-23-16;2*3-2(4,5)1(6)7/h4-5,12-13H,3,6-11,14H2,1-2H3;2*(H,6,7). The van der Waals surface area contributed by atoms with E-state index in [1.54, 1.807) is 0 Å². The lowest BCUT2D eigenvalue weighted by Crippen LogP contribution is -2.57. The first-order valence-corrected chi connectivity index (χ1v) is 12.1. The molecule has 2 aliphatic heterocycles. The molecule has 4 rings (SSSR count). The van der Waals surface area contributed by atoms with Crippen LogP contribution < -0.4 is 0 Å². The molecule has 0 atom stereocenters. The molecule has 0 saturated carbocycles. The molecule has 0 bridgehead atoms. The molecule has 208 valence electrons. The Morgan fingerprint density at radius 1 is 1.03 bits per heavy atom. The number of piperidine rings is 1. The van der Waals surface area contributed by atoms with Crippen LogP contribution in [0.5, 0.6) is 0 Å². The van der Waals surface area contributed by atoms with Crippen LogP contribution in [0.4, 0.5) is 26.3 Å². The topological polar surface area (TPSA) is 98.9 Å². The highest BCUT2D eigenvalue weighted by atomic mass is 32.1. The minimum atomic E-state index is -5.08. The van der Waals surface area contributed by atoms with Crippen LogP contribution in [0.3, 0.4) is 0 Å². The van der Waals surface area contributed by atoms with E-state index >= 15 is 0 Å². The number of aliphatic carboxylic acids is 2. The Bertz CT molecular complexity index is 1010. The van der Waals surface area contributed by atoms with Crippen LogP contribution in [0.2, 0.25) is 0 Å². The summed E-state index contributed by atoms with van der Waals surface area (Å²) in [5.41, 5.74) is 1.48. The first-order valence-electron chi connectivity index (χ1n) is 11.2. The van der Waals surface area contributed by atoms with E-state index in [0.717, 1.165) is 26.2 Å². The summed E-state index contributed by atoms with van der Waals surface area (Å²) in [6.45, 7) is 11.3. The Kier molecular flexibility index (Phi) is 10.1. The van der Waals surface area contributed by atoms with Crippen molar-refractivity contribution in [1.82, 2.24) is 19.4 Å². The molecule has 0 aromatic carbocycles. The summed E-state index contributed by atoms with van der Waals surface area (Å²) in [6, 6.07) is 4.41. The average Bonchev–Trinajstić information content (AvgIpc) is 3.45. The number of alkyl halides is 6. The van der Waals surface area contributed by atoms with Gasteiger partial charge in [-0.2, -0.15) is 26.3 Å². The summed E-state index contributed by atoms with van der Waals surface area (Å²) in [5, 5.41) is 16.4. The van der Waals surface area contributed by atoms with Crippen molar-refractivity contribution >= 4 is 23.3 Å². The number of fused-ring (bicyclic) bond motifs is 2. The summed E-state index contributed by atoms with van der Waals surface area (Å²) in [4.78, 5) is 29.4. The first-order chi connectivity index (χ1) is 17.1. The second-order valence-corrected chi connectivity index (χ2v) is 9.48. The number of rotatable bonds is 3. The minimum Gasteiger partial charge on any atom is -0.475 e. The Balaban J connectivity index is 0.000000286. The third kappa shape index (κ3) is 7.92. The van der Waals surface area contributed by atoms with E-state index in [0.29, 0.717) is 0 Å². The van der Waals surface area contributed by atoms with E-state index in [1.807, 2.05) is 11.3 Å².